The maximum Gasteiger partial charge on any atom is 0.314 e. The van der Waals surface area contributed by atoms with Gasteiger partial charge in [0.05, 0.1) is 7.05 Å². The highest BCUT2D eigenvalue weighted by Crippen LogP contribution is 2.09. The Morgan fingerprint density at radius 1 is 1.09 bits per heavy atom. The van der Waals surface area contributed by atoms with Gasteiger partial charge in [0, 0.05) is 18.7 Å². The van der Waals surface area contributed by atoms with Crippen molar-refractivity contribution < 1.29 is 10.1 Å². The molecular weight excluding hydrogens is 306 g/mol. The fraction of sp³-hybridized carbons (Fsp3) is 0.389. The average molecular weight is 332 g/mol. The van der Waals surface area contributed by atoms with E-state index in [1.807, 2.05) is 0 Å². The SMILES string of the molecule is C[NH2+]Cc1ccccc1CCCNC(=O)NCCc1ccsc1. The zero-order valence-corrected chi connectivity index (χ0v) is 14.5. The van der Waals surface area contributed by atoms with Crippen molar-refractivity contribution in [3.05, 3.63) is 57.8 Å². The molecule has 0 fully saturated rings. The standard InChI is InChI=1S/C18H25N3OS/c1-19-13-17-6-3-2-5-16(17)7-4-10-20-18(22)21-11-8-15-9-12-23-14-15/h2-3,5-6,9,12,14,19H,4,7-8,10-11,13H2,1H3,(H2,20,21,22)/p+1. The van der Waals surface area contributed by atoms with Crippen LogP contribution in [0.1, 0.15) is 23.1 Å². The minimum atomic E-state index is -0.0737. The van der Waals surface area contributed by atoms with Gasteiger partial charge in [0.1, 0.15) is 6.54 Å². The Morgan fingerprint density at radius 3 is 2.61 bits per heavy atom. The first-order valence-electron chi connectivity index (χ1n) is 8.17. The molecule has 0 aliphatic rings. The lowest BCUT2D eigenvalue weighted by Gasteiger charge is -2.09. The second-order valence-electron chi connectivity index (χ2n) is 5.55. The number of hydrogen-bond donors (Lipinski definition) is 3. The van der Waals surface area contributed by atoms with Gasteiger partial charge < -0.3 is 16.0 Å². The Hall–Kier alpha value is -1.85. The number of hydrogen-bond acceptors (Lipinski definition) is 2. The molecule has 124 valence electrons. The number of urea groups is 1. The summed E-state index contributed by atoms with van der Waals surface area (Å²) in [4.78, 5) is 11.7. The summed E-state index contributed by atoms with van der Waals surface area (Å²) >= 11 is 1.69. The van der Waals surface area contributed by atoms with Crippen LogP contribution >= 0.6 is 11.3 Å². The Bertz CT molecular complexity index is 584. The number of nitrogens with two attached hydrogens (primary N) is 1. The lowest BCUT2D eigenvalue weighted by Crippen LogP contribution is -2.77. The molecule has 0 aliphatic heterocycles. The van der Waals surface area contributed by atoms with E-state index in [0.717, 1.165) is 25.8 Å². The van der Waals surface area contributed by atoms with Crippen molar-refractivity contribution >= 4 is 17.4 Å². The van der Waals surface area contributed by atoms with Gasteiger partial charge in [-0.2, -0.15) is 11.3 Å². The second kappa shape index (κ2) is 10.0. The predicted molar refractivity (Wildman–Crippen MR) is 95.7 cm³/mol. The molecule has 0 atom stereocenters. The van der Waals surface area contributed by atoms with Gasteiger partial charge in [-0.15, -0.1) is 0 Å². The quantitative estimate of drug-likeness (QED) is 0.604. The molecule has 23 heavy (non-hydrogen) atoms. The Labute approximate surface area is 142 Å². The molecule has 5 heteroatoms. The van der Waals surface area contributed by atoms with Crippen LogP contribution in [0.2, 0.25) is 0 Å². The van der Waals surface area contributed by atoms with Crippen LogP contribution in [0.15, 0.2) is 41.1 Å². The zero-order chi connectivity index (χ0) is 16.3. The van der Waals surface area contributed by atoms with Crippen molar-refractivity contribution in [1.82, 2.24) is 10.6 Å². The highest BCUT2D eigenvalue weighted by Gasteiger charge is 2.03. The number of thiophene rings is 1. The number of rotatable bonds is 9. The van der Waals surface area contributed by atoms with Gasteiger partial charge in [0.15, 0.2) is 0 Å². The Balaban J connectivity index is 1.60. The topological polar surface area (TPSA) is 57.7 Å². The van der Waals surface area contributed by atoms with Gasteiger partial charge >= 0.3 is 6.03 Å². The van der Waals surface area contributed by atoms with Gasteiger partial charge in [-0.05, 0) is 47.2 Å². The molecule has 0 aliphatic carbocycles. The summed E-state index contributed by atoms with van der Waals surface area (Å²) in [6.45, 7) is 2.39. The third-order valence-corrected chi connectivity index (χ3v) is 4.46. The van der Waals surface area contributed by atoms with Crippen molar-refractivity contribution in [2.45, 2.75) is 25.8 Å². The molecule has 4 N–H and O–H groups in total. The van der Waals surface area contributed by atoms with Crippen molar-refractivity contribution in [3.63, 3.8) is 0 Å². The van der Waals surface area contributed by atoms with E-state index < -0.39 is 0 Å². The number of benzene rings is 1. The van der Waals surface area contributed by atoms with Crippen LogP contribution in [0.4, 0.5) is 4.79 Å². The van der Waals surface area contributed by atoms with E-state index in [0.29, 0.717) is 13.1 Å². The van der Waals surface area contributed by atoms with Gasteiger partial charge in [0.25, 0.3) is 0 Å². The molecule has 0 saturated heterocycles. The Kier molecular flexibility index (Phi) is 7.63. The fourth-order valence-electron chi connectivity index (χ4n) is 2.52. The summed E-state index contributed by atoms with van der Waals surface area (Å²) in [6.07, 6.45) is 2.84. The zero-order valence-electron chi connectivity index (χ0n) is 13.7. The van der Waals surface area contributed by atoms with Crippen molar-refractivity contribution in [1.29, 1.82) is 0 Å². The third-order valence-electron chi connectivity index (χ3n) is 3.73. The number of aryl methyl sites for hydroxylation is 1. The van der Waals surface area contributed by atoms with Gasteiger partial charge in [0.2, 0.25) is 0 Å². The summed E-state index contributed by atoms with van der Waals surface area (Å²) in [7, 11) is 2.08. The Morgan fingerprint density at radius 2 is 1.87 bits per heavy atom. The lowest BCUT2D eigenvalue weighted by atomic mass is 10.0. The molecule has 0 unspecified atom stereocenters. The van der Waals surface area contributed by atoms with E-state index in [4.69, 9.17) is 0 Å². The first kappa shape index (κ1) is 17.5. The normalized spacial score (nSPS) is 10.5. The fourth-order valence-corrected chi connectivity index (χ4v) is 3.22. The summed E-state index contributed by atoms with van der Waals surface area (Å²) in [5.41, 5.74) is 4.04. The molecule has 1 heterocycles. The molecule has 1 aromatic carbocycles. The molecule has 2 amide bonds. The van der Waals surface area contributed by atoms with Crippen LogP contribution < -0.4 is 16.0 Å². The van der Waals surface area contributed by atoms with Crippen molar-refractivity contribution in [2.24, 2.45) is 0 Å². The number of carbonyl (C=O) groups is 1. The number of carbonyl (C=O) groups excluding carboxylic acids is 1. The smallest absolute Gasteiger partial charge is 0.314 e. The summed E-state index contributed by atoms with van der Waals surface area (Å²) < 4.78 is 0. The molecule has 2 aromatic rings. The number of nitrogens with one attached hydrogen (secondary N) is 2. The van der Waals surface area contributed by atoms with E-state index in [2.05, 4.69) is 64.1 Å². The summed E-state index contributed by atoms with van der Waals surface area (Å²) in [5.74, 6) is 0. The van der Waals surface area contributed by atoms with Gasteiger partial charge in [-0.1, -0.05) is 24.3 Å². The second-order valence-corrected chi connectivity index (χ2v) is 6.33. The maximum atomic E-state index is 11.7. The van der Waals surface area contributed by atoms with Crippen LogP contribution in [-0.4, -0.2) is 26.2 Å². The number of quaternary nitrogens is 1. The van der Waals surface area contributed by atoms with Gasteiger partial charge in [-0.25, -0.2) is 4.79 Å². The minimum Gasteiger partial charge on any atom is -0.345 e. The molecule has 0 radical (unpaired) electrons. The van der Waals surface area contributed by atoms with E-state index in [1.54, 1.807) is 11.3 Å². The molecule has 1 aromatic heterocycles. The summed E-state index contributed by atoms with van der Waals surface area (Å²) in [5, 5.41) is 12.2. The molecule has 0 saturated carbocycles. The van der Waals surface area contributed by atoms with Crippen LogP contribution in [0.3, 0.4) is 0 Å². The molecule has 0 bridgehead atoms. The van der Waals surface area contributed by atoms with E-state index in [9.17, 15) is 4.79 Å². The molecular formula is C18H26N3OS+. The van der Waals surface area contributed by atoms with E-state index in [-0.39, 0.29) is 6.03 Å². The van der Waals surface area contributed by atoms with Crippen molar-refractivity contribution in [3.8, 4) is 0 Å². The molecule has 0 spiro atoms. The van der Waals surface area contributed by atoms with E-state index in [1.165, 1.54) is 16.7 Å². The summed E-state index contributed by atoms with van der Waals surface area (Å²) in [6, 6.07) is 10.5. The highest BCUT2D eigenvalue weighted by molar-refractivity contribution is 7.07. The van der Waals surface area contributed by atoms with Crippen LogP contribution in [-0.2, 0) is 19.4 Å². The minimum absolute atomic E-state index is 0.0737. The lowest BCUT2D eigenvalue weighted by molar-refractivity contribution is -0.643. The van der Waals surface area contributed by atoms with E-state index >= 15 is 0 Å². The first-order chi connectivity index (χ1) is 11.3. The monoisotopic (exact) mass is 332 g/mol. The molecule has 4 nitrogen and oxygen atoms in total. The first-order valence-corrected chi connectivity index (χ1v) is 9.11. The molecule has 2 rings (SSSR count). The van der Waals surface area contributed by atoms with Crippen LogP contribution in [0, 0.1) is 0 Å². The largest absolute Gasteiger partial charge is 0.345 e. The van der Waals surface area contributed by atoms with Crippen molar-refractivity contribution in [2.75, 3.05) is 20.1 Å². The predicted octanol–water partition coefficient (Wildman–Crippen LogP) is 1.92. The number of amides is 2. The maximum absolute atomic E-state index is 11.7. The average Bonchev–Trinajstić information content (AvgIpc) is 3.07. The van der Waals surface area contributed by atoms with Gasteiger partial charge in [-0.3, -0.25) is 0 Å². The highest BCUT2D eigenvalue weighted by atomic mass is 32.1. The van der Waals surface area contributed by atoms with Crippen LogP contribution in [0.25, 0.3) is 0 Å². The van der Waals surface area contributed by atoms with Crippen LogP contribution in [0.5, 0.6) is 0 Å². The third kappa shape index (κ3) is 6.42.